The number of anilines is 1. The maximum atomic E-state index is 12.8. The van der Waals surface area contributed by atoms with Crippen LogP contribution in [0, 0.1) is 5.92 Å². The lowest BCUT2D eigenvalue weighted by atomic mass is 10.1. The van der Waals surface area contributed by atoms with Crippen LogP contribution < -0.4 is 10.6 Å². The van der Waals surface area contributed by atoms with Crippen molar-refractivity contribution < 1.29 is 9.59 Å². The van der Waals surface area contributed by atoms with Crippen LogP contribution >= 0.6 is 0 Å². The first-order chi connectivity index (χ1) is 14.2. The molecule has 0 spiro atoms. The van der Waals surface area contributed by atoms with Crippen molar-refractivity contribution in [1.29, 1.82) is 0 Å². The Morgan fingerprint density at radius 1 is 1.10 bits per heavy atom. The molecule has 1 aromatic heterocycles. The average molecular weight is 390 g/mol. The lowest BCUT2D eigenvalue weighted by molar-refractivity contribution is -0.122. The van der Waals surface area contributed by atoms with Crippen LogP contribution in [0.4, 0.5) is 5.69 Å². The van der Waals surface area contributed by atoms with E-state index in [4.69, 9.17) is 4.98 Å². The molecule has 0 atom stereocenters. The van der Waals surface area contributed by atoms with E-state index in [0.717, 1.165) is 47.4 Å². The summed E-state index contributed by atoms with van der Waals surface area (Å²) in [6.45, 7) is 2.78. The highest BCUT2D eigenvalue weighted by Crippen LogP contribution is 2.28. The summed E-state index contributed by atoms with van der Waals surface area (Å²) in [5.41, 5.74) is 3.75. The minimum absolute atomic E-state index is 0.0858. The van der Waals surface area contributed by atoms with Crippen molar-refractivity contribution in [2.75, 3.05) is 11.9 Å². The third-order valence-corrected chi connectivity index (χ3v) is 5.30. The molecular weight excluding hydrogens is 364 g/mol. The van der Waals surface area contributed by atoms with Gasteiger partial charge < -0.3 is 15.2 Å². The lowest BCUT2D eigenvalue weighted by Gasteiger charge is -2.12. The summed E-state index contributed by atoms with van der Waals surface area (Å²) in [6, 6.07) is 15.7. The molecule has 6 nitrogen and oxygen atoms in total. The number of aryl methyl sites for hydroxylation is 1. The quantitative estimate of drug-likeness (QED) is 0.620. The largest absolute Gasteiger partial charge is 0.355 e. The maximum Gasteiger partial charge on any atom is 0.244 e. The Hall–Kier alpha value is -3.15. The highest BCUT2D eigenvalue weighted by atomic mass is 16.2. The topological polar surface area (TPSA) is 76.0 Å². The Balaban J connectivity index is 1.50. The van der Waals surface area contributed by atoms with E-state index in [-0.39, 0.29) is 24.3 Å². The number of carbonyl (C=O) groups excluding carboxylic acids is 2. The second kappa shape index (κ2) is 8.47. The molecule has 0 aliphatic heterocycles. The molecule has 29 heavy (non-hydrogen) atoms. The van der Waals surface area contributed by atoms with Gasteiger partial charge in [-0.15, -0.1) is 0 Å². The maximum absolute atomic E-state index is 12.8. The smallest absolute Gasteiger partial charge is 0.244 e. The molecule has 1 aliphatic carbocycles. The number of hydrogen-bond donors (Lipinski definition) is 2. The summed E-state index contributed by atoms with van der Waals surface area (Å²) in [4.78, 5) is 29.4. The van der Waals surface area contributed by atoms with Gasteiger partial charge in [-0.25, -0.2) is 4.98 Å². The molecule has 2 aromatic carbocycles. The molecule has 1 fully saturated rings. The first-order valence-electron chi connectivity index (χ1n) is 10.3. The number of nitrogens with one attached hydrogen (secondary N) is 2. The molecule has 1 aliphatic rings. The second-order valence-electron chi connectivity index (χ2n) is 7.48. The molecule has 0 radical (unpaired) electrons. The van der Waals surface area contributed by atoms with E-state index >= 15 is 0 Å². The van der Waals surface area contributed by atoms with Gasteiger partial charge in [-0.2, -0.15) is 0 Å². The minimum atomic E-state index is -0.0858. The minimum Gasteiger partial charge on any atom is -0.355 e. The van der Waals surface area contributed by atoms with Crippen molar-refractivity contribution in [3.8, 4) is 0 Å². The van der Waals surface area contributed by atoms with E-state index in [9.17, 15) is 9.59 Å². The van der Waals surface area contributed by atoms with Crippen LogP contribution in [0.25, 0.3) is 11.0 Å². The van der Waals surface area contributed by atoms with Crippen LogP contribution in [0.1, 0.15) is 31.2 Å². The summed E-state index contributed by atoms with van der Waals surface area (Å²) in [7, 11) is 0. The van der Waals surface area contributed by atoms with Crippen molar-refractivity contribution in [2.45, 2.75) is 39.2 Å². The van der Waals surface area contributed by atoms with Gasteiger partial charge >= 0.3 is 0 Å². The van der Waals surface area contributed by atoms with Gasteiger partial charge in [-0.05, 0) is 43.0 Å². The number of aromatic nitrogens is 2. The monoisotopic (exact) mass is 390 g/mol. The van der Waals surface area contributed by atoms with Crippen molar-refractivity contribution in [1.82, 2.24) is 14.9 Å². The number of para-hydroxylation sites is 3. The van der Waals surface area contributed by atoms with Gasteiger partial charge in [-0.3, -0.25) is 9.59 Å². The Kier molecular flexibility index (Phi) is 5.60. The zero-order valence-corrected chi connectivity index (χ0v) is 16.6. The van der Waals surface area contributed by atoms with Gasteiger partial charge in [0.25, 0.3) is 0 Å². The molecule has 4 rings (SSSR count). The Morgan fingerprint density at radius 3 is 2.66 bits per heavy atom. The van der Waals surface area contributed by atoms with Crippen LogP contribution in [-0.4, -0.2) is 27.9 Å². The van der Waals surface area contributed by atoms with Crippen LogP contribution in [0.5, 0.6) is 0 Å². The molecule has 3 aromatic rings. The molecule has 150 valence electrons. The fourth-order valence-corrected chi connectivity index (χ4v) is 3.56. The van der Waals surface area contributed by atoms with E-state index in [1.54, 1.807) is 0 Å². The van der Waals surface area contributed by atoms with Gasteiger partial charge in [0.2, 0.25) is 11.8 Å². The zero-order chi connectivity index (χ0) is 20.2. The average Bonchev–Trinajstić information content (AvgIpc) is 3.53. The molecule has 0 bridgehead atoms. The van der Waals surface area contributed by atoms with E-state index in [1.165, 1.54) is 0 Å². The van der Waals surface area contributed by atoms with Gasteiger partial charge in [0.15, 0.2) is 0 Å². The molecule has 0 unspecified atom stereocenters. The number of fused-ring (bicyclic) bond motifs is 1. The highest BCUT2D eigenvalue weighted by Gasteiger charge is 2.29. The van der Waals surface area contributed by atoms with Gasteiger partial charge in [0.1, 0.15) is 12.4 Å². The second-order valence-corrected chi connectivity index (χ2v) is 7.48. The lowest BCUT2D eigenvalue weighted by Crippen LogP contribution is -2.28. The summed E-state index contributed by atoms with van der Waals surface area (Å²) < 4.78 is 1.95. The Labute approximate surface area is 170 Å². The van der Waals surface area contributed by atoms with Crippen molar-refractivity contribution in [3.63, 3.8) is 0 Å². The van der Waals surface area contributed by atoms with E-state index in [0.29, 0.717) is 13.0 Å². The summed E-state index contributed by atoms with van der Waals surface area (Å²) in [6.07, 6.45) is 3.43. The van der Waals surface area contributed by atoms with Crippen LogP contribution in [0.15, 0.2) is 48.5 Å². The van der Waals surface area contributed by atoms with Gasteiger partial charge in [-0.1, -0.05) is 37.3 Å². The first-order valence-corrected chi connectivity index (χ1v) is 10.3. The molecule has 1 saturated carbocycles. The Morgan fingerprint density at radius 2 is 1.86 bits per heavy atom. The zero-order valence-electron chi connectivity index (χ0n) is 16.6. The fraction of sp³-hybridized carbons (Fsp3) is 0.348. The highest BCUT2D eigenvalue weighted by molar-refractivity contribution is 5.92. The number of imidazole rings is 1. The fourth-order valence-electron chi connectivity index (χ4n) is 3.56. The summed E-state index contributed by atoms with van der Waals surface area (Å²) in [5.74, 6) is 1.04. The summed E-state index contributed by atoms with van der Waals surface area (Å²) in [5, 5.41) is 6.01. The Bertz CT molecular complexity index is 1040. The number of nitrogens with zero attached hydrogens (tertiary/aromatic N) is 2. The van der Waals surface area contributed by atoms with Gasteiger partial charge in [0.05, 0.1) is 11.0 Å². The predicted octanol–water partition coefficient (Wildman–Crippen LogP) is 3.31. The van der Waals surface area contributed by atoms with E-state index in [2.05, 4.69) is 17.6 Å². The van der Waals surface area contributed by atoms with Crippen molar-refractivity contribution in [2.24, 2.45) is 5.92 Å². The number of hydrogen-bond acceptors (Lipinski definition) is 3. The normalized spacial score (nSPS) is 13.4. The molecule has 6 heteroatoms. The van der Waals surface area contributed by atoms with E-state index in [1.807, 2.05) is 53.1 Å². The number of rotatable bonds is 8. The standard InChI is InChI=1S/C23H26N4O2/c1-2-16-7-3-4-8-18(16)26-22(28)15-27-20-10-6-5-9-19(20)25-21(27)13-14-24-23(29)17-11-12-17/h3-10,17H,2,11-15H2,1H3,(H,24,29)(H,26,28). The van der Waals surface area contributed by atoms with Crippen LogP contribution in [0.2, 0.25) is 0 Å². The third kappa shape index (κ3) is 4.47. The molecule has 1 heterocycles. The molecular formula is C23H26N4O2. The van der Waals surface area contributed by atoms with E-state index < -0.39 is 0 Å². The van der Waals surface area contributed by atoms with Crippen LogP contribution in [-0.2, 0) is 29.0 Å². The SMILES string of the molecule is CCc1ccccc1NC(=O)Cn1c(CCNC(=O)C2CC2)nc2ccccc21. The third-order valence-electron chi connectivity index (χ3n) is 5.30. The number of amides is 2. The number of carbonyl (C=O) groups is 2. The van der Waals surface area contributed by atoms with Gasteiger partial charge in [0, 0.05) is 24.6 Å². The first kappa shape index (κ1) is 19.2. The van der Waals surface area contributed by atoms with Crippen molar-refractivity contribution >= 4 is 28.5 Å². The molecule has 0 saturated heterocycles. The molecule has 2 amide bonds. The van der Waals surface area contributed by atoms with Crippen LogP contribution in [0.3, 0.4) is 0 Å². The summed E-state index contributed by atoms with van der Waals surface area (Å²) >= 11 is 0. The predicted molar refractivity (Wildman–Crippen MR) is 114 cm³/mol. The van der Waals surface area contributed by atoms with Crippen molar-refractivity contribution in [3.05, 3.63) is 59.9 Å². The number of benzene rings is 2. The molecule has 2 N–H and O–H groups in total.